The Balaban J connectivity index is 1.69. The number of esters is 1. The van der Waals surface area contributed by atoms with Gasteiger partial charge in [0, 0.05) is 23.5 Å². The quantitative estimate of drug-likeness (QED) is 0.463. The molecule has 8 nitrogen and oxygen atoms in total. The lowest BCUT2D eigenvalue weighted by molar-refractivity contribution is -0.384. The fourth-order valence-electron chi connectivity index (χ4n) is 3.37. The molecular weight excluding hydrogens is 362 g/mol. The molecule has 0 radical (unpaired) electrons. The van der Waals surface area contributed by atoms with Gasteiger partial charge in [0.25, 0.3) is 11.6 Å². The lowest BCUT2D eigenvalue weighted by Crippen LogP contribution is -2.22. The third-order valence-electron chi connectivity index (χ3n) is 5.13. The maximum Gasteiger partial charge on any atom is 0.340 e. The van der Waals surface area contributed by atoms with Crippen LogP contribution in [0, 0.1) is 37.8 Å². The standard InChI is InChI=1S/C20H23N3O5/c1-11-5-8-17(23(26)27)19(13(11)3)21-18(24)10-28-20(25)16-9-12(2)22(14(16)4)15-6-7-15/h5,8-9,15H,6-7,10H2,1-4H3,(H,21,24). The fourth-order valence-corrected chi connectivity index (χ4v) is 3.37. The first-order valence-corrected chi connectivity index (χ1v) is 9.10. The minimum absolute atomic E-state index is 0.123. The highest BCUT2D eigenvalue weighted by Crippen LogP contribution is 2.38. The van der Waals surface area contributed by atoms with Crippen LogP contribution in [0.4, 0.5) is 11.4 Å². The molecule has 0 unspecified atom stereocenters. The Morgan fingerprint density at radius 1 is 1.25 bits per heavy atom. The van der Waals surface area contributed by atoms with E-state index in [0.29, 0.717) is 17.2 Å². The zero-order valence-corrected chi connectivity index (χ0v) is 16.4. The molecule has 1 aromatic heterocycles. The molecule has 1 aliphatic rings. The van der Waals surface area contributed by atoms with Crippen molar-refractivity contribution >= 4 is 23.3 Å². The SMILES string of the molecule is Cc1ccc([N+](=O)[O-])c(NC(=O)COC(=O)c2cc(C)n(C3CC3)c2C)c1C. The first-order valence-electron chi connectivity index (χ1n) is 9.10. The Labute approximate surface area is 162 Å². The molecule has 2 aromatic rings. The number of carbonyl (C=O) groups excluding carboxylic acids is 2. The van der Waals surface area contributed by atoms with Crippen molar-refractivity contribution in [3.63, 3.8) is 0 Å². The van der Waals surface area contributed by atoms with Crippen molar-refractivity contribution in [1.29, 1.82) is 0 Å². The van der Waals surface area contributed by atoms with E-state index in [1.807, 2.05) is 13.8 Å². The summed E-state index contributed by atoms with van der Waals surface area (Å²) in [7, 11) is 0. The number of nitro groups is 1. The minimum atomic E-state index is -0.624. The molecule has 1 aliphatic carbocycles. The third-order valence-corrected chi connectivity index (χ3v) is 5.13. The molecule has 0 aliphatic heterocycles. The molecule has 1 N–H and O–H groups in total. The van der Waals surface area contributed by atoms with Gasteiger partial charge in [0.1, 0.15) is 5.69 Å². The number of nitro benzene ring substituents is 1. The van der Waals surface area contributed by atoms with E-state index in [1.54, 1.807) is 26.0 Å². The van der Waals surface area contributed by atoms with Gasteiger partial charge in [0.05, 0.1) is 10.5 Å². The Morgan fingerprint density at radius 2 is 1.93 bits per heavy atom. The number of hydrogen-bond acceptors (Lipinski definition) is 5. The fraction of sp³-hybridized carbons (Fsp3) is 0.400. The minimum Gasteiger partial charge on any atom is -0.452 e. The van der Waals surface area contributed by atoms with Crippen molar-refractivity contribution in [2.75, 3.05) is 11.9 Å². The first kappa shape index (κ1) is 19.6. The van der Waals surface area contributed by atoms with E-state index in [0.717, 1.165) is 29.8 Å². The summed E-state index contributed by atoms with van der Waals surface area (Å²) in [6, 6.07) is 5.17. The van der Waals surface area contributed by atoms with Crippen molar-refractivity contribution in [2.45, 2.75) is 46.6 Å². The second kappa shape index (κ2) is 7.46. The summed E-state index contributed by atoms with van der Waals surface area (Å²) in [6.45, 7) is 6.77. The number of aromatic nitrogens is 1. The number of rotatable bonds is 6. The largest absolute Gasteiger partial charge is 0.452 e. The van der Waals surface area contributed by atoms with Crippen LogP contribution in [0.2, 0.25) is 0 Å². The number of ether oxygens (including phenoxy) is 1. The van der Waals surface area contributed by atoms with E-state index in [4.69, 9.17) is 4.74 Å². The molecule has 148 valence electrons. The third kappa shape index (κ3) is 3.76. The number of nitrogens with one attached hydrogen (secondary N) is 1. The summed E-state index contributed by atoms with van der Waals surface area (Å²) in [5.41, 5.74) is 3.59. The molecule has 8 heteroatoms. The summed E-state index contributed by atoms with van der Waals surface area (Å²) in [5.74, 6) is -1.20. The summed E-state index contributed by atoms with van der Waals surface area (Å²) >= 11 is 0. The molecule has 1 aromatic carbocycles. The number of anilines is 1. The van der Waals surface area contributed by atoms with E-state index in [1.165, 1.54) is 6.07 Å². The van der Waals surface area contributed by atoms with Crippen molar-refractivity contribution in [1.82, 2.24) is 4.57 Å². The Bertz CT molecular complexity index is 973. The van der Waals surface area contributed by atoms with Crippen LogP contribution in [0.15, 0.2) is 18.2 Å². The van der Waals surface area contributed by atoms with Gasteiger partial charge >= 0.3 is 5.97 Å². The Kier molecular flexibility index (Phi) is 5.22. The topological polar surface area (TPSA) is 103 Å². The molecule has 0 bridgehead atoms. The molecule has 0 spiro atoms. The zero-order valence-electron chi connectivity index (χ0n) is 16.4. The predicted octanol–water partition coefficient (Wildman–Crippen LogP) is 3.76. The number of nitrogens with zero attached hydrogens (tertiary/aromatic N) is 2. The number of hydrogen-bond donors (Lipinski definition) is 1. The highest BCUT2D eigenvalue weighted by molar-refractivity contribution is 5.98. The van der Waals surface area contributed by atoms with Crippen molar-refractivity contribution in [3.8, 4) is 0 Å². The van der Waals surface area contributed by atoms with Crippen LogP contribution in [0.5, 0.6) is 0 Å². The molecule has 1 amide bonds. The van der Waals surface area contributed by atoms with Crippen LogP contribution >= 0.6 is 0 Å². The van der Waals surface area contributed by atoms with Gasteiger partial charge in [-0.1, -0.05) is 6.07 Å². The van der Waals surface area contributed by atoms with Gasteiger partial charge < -0.3 is 14.6 Å². The zero-order chi connectivity index (χ0) is 20.6. The number of benzene rings is 1. The number of carbonyl (C=O) groups is 2. The summed E-state index contributed by atoms with van der Waals surface area (Å²) in [4.78, 5) is 35.3. The van der Waals surface area contributed by atoms with Gasteiger partial charge in [-0.25, -0.2) is 4.79 Å². The average Bonchev–Trinajstić information content (AvgIpc) is 3.41. The second-order valence-corrected chi connectivity index (χ2v) is 7.17. The van der Waals surface area contributed by atoms with E-state index in [-0.39, 0.29) is 11.4 Å². The smallest absolute Gasteiger partial charge is 0.340 e. The Morgan fingerprint density at radius 3 is 2.54 bits per heavy atom. The maximum atomic E-state index is 12.4. The molecule has 1 fully saturated rings. The van der Waals surface area contributed by atoms with E-state index < -0.39 is 23.4 Å². The molecule has 1 heterocycles. The molecule has 1 saturated carbocycles. The molecule has 0 saturated heterocycles. The van der Waals surface area contributed by atoms with E-state index in [9.17, 15) is 19.7 Å². The van der Waals surface area contributed by atoms with Crippen molar-refractivity contribution in [3.05, 3.63) is 56.4 Å². The van der Waals surface area contributed by atoms with Crippen LogP contribution in [0.1, 0.15) is 51.8 Å². The van der Waals surface area contributed by atoms with Gasteiger partial charge in [-0.2, -0.15) is 0 Å². The summed E-state index contributed by atoms with van der Waals surface area (Å²) in [5, 5.41) is 13.7. The normalized spacial score (nSPS) is 13.3. The molecular formula is C20H23N3O5. The van der Waals surface area contributed by atoms with Gasteiger partial charge in [0.2, 0.25) is 0 Å². The van der Waals surface area contributed by atoms with Crippen molar-refractivity contribution < 1.29 is 19.2 Å². The maximum absolute atomic E-state index is 12.4. The lowest BCUT2D eigenvalue weighted by Gasteiger charge is -2.11. The van der Waals surface area contributed by atoms with Gasteiger partial charge in [-0.15, -0.1) is 0 Å². The second-order valence-electron chi connectivity index (χ2n) is 7.17. The van der Waals surface area contributed by atoms with Crippen LogP contribution in [0.3, 0.4) is 0 Å². The van der Waals surface area contributed by atoms with Gasteiger partial charge in [-0.05, 0) is 57.7 Å². The van der Waals surface area contributed by atoms with Crippen LogP contribution in [-0.2, 0) is 9.53 Å². The number of aryl methyl sites for hydroxylation is 2. The number of amides is 1. The summed E-state index contributed by atoms with van der Waals surface area (Å²) < 4.78 is 7.27. The first-order chi connectivity index (χ1) is 13.2. The summed E-state index contributed by atoms with van der Waals surface area (Å²) in [6.07, 6.45) is 2.20. The Hall–Kier alpha value is -3.16. The molecule has 0 atom stereocenters. The molecule has 28 heavy (non-hydrogen) atoms. The van der Waals surface area contributed by atoms with Gasteiger partial charge in [0.15, 0.2) is 6.61 Å². The monoisotopic (exact) mass is 385 g/mol. The van der Waals surface area contributed by atoms with Crippen LogP contribution in [0.25, 0.3) is 0 Å². The van der Waals surface area contributed by atoms with Crippen molar-refractivity contribution in [2.24, 2.45) is 0 Å². The highest BCUT2D eigenvalue weighted by atomic mass is 16.6. The lowest BCUT2D eigenvalue weighted by atomic mass is 10.1. The average molecular weight is 385 g/mol. The van der Waals surface area contributed by atoms with E-state index >= 15 is 0 Å². The predicted molar refractivity (Wildman–Crippen MR) is 104 cm³/mol. The van der Waals surface area contributed by atoms with Crippen LogP contribution < -0.4 is 5.32 Å². The molecule has 3 rings (SSSR count). The van der Waals surface area contributed by atoms with E-state index in [2.05, 4.69) is 9.88 Å². The van der Waals surface area contributed by atoms with Crippen LogP contribution in [-0.4, -0.2) is 28.0 Å². The highest BCUT2D eigenvalue weighted by Gasteiger charge is 2.29. The van der Waals surface area contributed by atoms with Gasteiger partial charge in [-0.3, -0.25) is 14.9 Å².